The molecule has 2 heterocycles. The largest absolute Gasteiger partial charge is 0.443 e. The van der Waals surface area contributed by atoms with Gasteiger partial charge >= 0.3 is 6.09 Å². The Bertz CT molecular complexity index is 747. The monoisotopic (exact) mass is 348 g/mol. The lowest BCUT2D eigenvalue weighted by Crippen LogP contribution is -2.36. The van der Waals surface area contributed by atoms with Crippen LogP contribution in [-0.2, 0) is 4.74 Å². The Labute approximate surface area is 144 Å². The maximum Gasteiger partial charge on any atom is 0.414 e. The van der Waals surface area contributed by atoms with Crippen LogP contribution in [0.2, 0.25) is 0 Å². The molecule has 8 heteroatoms. The van der Waals surface area contributed by atoms with Gasteiger partial charge in [-0.1, -0.05) is 6.08 Å². The Balaban J connectivity index is 1.77. The Morgan fingerprint density at radius 1 is 1.40 bits per heavy atom. The summed E-state index contributed by atoms with van der Waals surface area (Å²) in [7, 11) is 0. The molecule has 25 heavy (non-hydrogen) atoms. The number of nitriles is 1. The Hall–Kier alpha value is -2.66. The maximum atomic E-state index is 14.5. The normalized spacial score (nSPS) is 23.3. The van der Waals surface area contributed by atoms with Gasteiger partial charge in [-0.15, -0.1) is 0 Å². The van der Waals surface area contributed by atoms with E-state index in [4.69, 9.17) is 15.7 Å². The van der Waals surface area contributed by atoms with E-state index in [1.807, 2.05) is 6.07 Å². The highest BCUT2D eigenvalue weighted by molar-refractivity contribution is 5.90. The van der Waals surface area contributed by atoms with Crippen molar-refractivity contribution in [1.29, 1.82) is 5.26 Å². The summed E-state index contributed by atoms with van der Waals surface area (Å²) in [5, 5.41) is 8.67. The highest BCUT2D eigenvalue weighted by Crippen LogP contribution is 2.30. The number of anilines is 2. The fourth-order valence-electron chi connectivity index (χ4n) is 2.99. The van der Waals surface area contributed by atoms with Crippen molar-refractivity contribution in [3.8, 4) is 6.07 Å². The number of hydrogen-bond donors (Lipinski definition) is 1. The van der Waals surface area contributed by atoms with Crippen LogP contribution in [0.25, 0.3) is 0 Å². The van der Waals surface area contributed by atoms with E-state index in [9.17, 15) is 13.6 Å². The number of carbonyl (C=O) groups is 1. The fourth-order valence-corrected chi connectivity index (χ4v) is 2.99. The van der Waals surface area contributed by atoms with Crippen molar-refractivity contribution >= 4 is 17.5 Å². The standard InChI is InChI=1S/C17H18F2N4O2/c18-14-7-12(23-9-13(8-21)25-17(23)24)1-2-16(14)22-6-4-11(3-5-20)15(19)10-22/h1-2,4,7,13,15H,3,6,8-10,21H2/t13-,15+/m0/s1. The van der Waals surface area contributed by atoms with E-state index in [2.05, 4.69) is 0 Å². The zero-order valence-electron chi connectivity index (χ0n) is 13.5. The lowest BCUT2D eigenvalue weighted by molar-refractivity contribution is 0.145. The molecule has 1 fully saturated rings. The van der Waals surface area contributed by atoms with Gasteiger partial charge in [0.05, 0.1) is 37.0 Å². The van der Waals surface area contributed by atoms with E-state index in [1.54, 1.807) is 17.0 Å². The number of rotatable bonds is 4. The molecular weight excluding hydrogens is 330 g/mol. The Morgan fingerprint density at radius 3 is 2.80 bits per heavy atom. The summed E-state index contributed by atoms with van der Waals surface area (Å²) in [4.78, 5) is 14.7. The topological polar surface area (TPSA) is 82.6 Å². The first kappa shape index (κ1) is 17.2. The van der Waals surface area contributed by atoms with Crippen molar-refractivity contribution in [1.82, 2.24) is 0 Å². The summed E-state index contributed by atoms with van der Waals surface area (Å²) in [5.74, 6) is -0.550. The SMILES string of the molecule is N#CCC1=CCN(c2ccc(N3C[C@H](CN)OC3=O)cc2F)C[C@H]1F. The molecule has 2 atom stereocenters. The lowest BCUT2D eigenvalue weighted by Gasteiger charge is -2.30. The molecular formula is C17H18F2N4O2. The van der Waals surface area contributed by atoms with Gasteiger partial charge in [0.15, 0.2) is 0 Å². The second kappa shape index (κ2) is 7.07. The van der Waals surface area contributed by atoms with Crippen LogP contribution in [0.5, 0.6) is 0 Å². The van der Waals surface area contributed by atoms with Crippen LogP contribution in [0, 0.1) is 17.1 Å². The van der Waals surface area contributed by atoms with Gasteiger partial charge in [0.2, 0.25) is 0 Å². The van der Waals surface area contributed by atoms with Gasteiger partial charge in [-0.25, -0.2) is 13.6 Å². The summed E-state index contributed by atoms with van der Waals surface area (Å²) in [6, 6.07) is 6.27. The van der Waals surface area contributed by atoms with Crippen molar-refractivity contribution in [2.75, 3.05) is 36.0 Å². The summed E-state index contributed by atoms with van der Waals surface area (Å²) >= 11 is 0. The van der Waals surface area contributed by atoms with E-state index in [-0.39, 0.29) is 31.7 Å². The predicted molar refractivity (Wildman–Crippen MR) is 88.5 cm³/mol. The predicted octanol–water partition coefficient (Wildman–Crippen LogP) is 2.11. The molecule has 3 rings (SSSR count). The van der Waals surface area contributed by atoms with E-state index < -0.39 is 24.2 Å². The molecule has 1 aromatic carbocycles. The smallest absolute Gasteiger partial charge is 0.414 e. The minimum atomic E-state index is -1.30. The number of hydrogen-bond acceptors (Lipinski definition) is 5. The molecule has 0 bridgehead atoms. The molecule has 2 aliphatic heterocycles. The molecule has 6 nitrogen and oxygen atoms in total. The highest BCUT2D eigenvalue weighted by Gasteiger charge is 2.32. The first-order valence-corrected chi connectivity index (χ1v) is 7.96. The summed E-state index contributed by atoms with van der Waals surface area (Å²) in [6.45, 7) is 0.788. The number of halogens is 2. The highest BCUT2D eigenvalue weighted by atomic mass is 19.1. The van der Waals surface area contributed by atoms with E-state index in [0.717, 1.165) is 0 Å². The van der Waals surface area contributed by atoms with Gasteiger partial charge in [-0.3, -0.25) is 4.90 Å². The third kappa shape index (κ3) is 3.42. The van der Waals surface area contributed by atoms with E-state index in [0.29, 0.717) is 17.8 Å². The molecule has 1 saturated heterocycles. The first-order chi connectivity index (χ1) is 12.0. The number of amides is 1. The summed E-state index contributed by atoms with van der Waals surface area (Å²) in [5.41, 5.74) is 6.55. The second-order valence-corrected chi connectivity index (χ2v) is 5.97. The van der Waals surface area contributed by atoms with Crippen LogP contribution in [0.1, 0.15) is 6.42 Å². The van der Waals surface area contributed by atoms with Gasteiger partial charge in [0.1, 0.15) is 18.1 Å². The number of nitrogens with two attached hydrogens (primary N) is 1. The molecule has 0 aliphatic carbocycles. The number of nitrogens with zero attached hydrogens (tertiary/aromatic N) is 3. The molecule has 0 unspecified atom stereocenters. The molecule has 1 amide bonds. The quantitative estimate of drug-likeness (QED) is 0.843. The van der Waals surface area contributed by atoms with Gasteiger partial charge < -0.3 is 15.4 Å². The number of benzene rings is 1. The van der Waals surface area contributed by atoms with Crippen molar-refractivity contribution in [2.45, 2.75) is 18.7 Å². The second-order valence-electron chi connectivity index (χ2n) is 5.97. The molecule has 132 valence electrons. The van der Waals surface area contributed by atoms with Crippen molar-refractivity contribution in [3.05, 3.63) is 35.7 Å². The van der Waals surface area contributed by atoms with Gasteiger partial charge in [0, 0.05) is 13.1 Å². The Kier molecular flexibility index (Phi) is 4.86. The number of carbonyl (C=O) groups excluding carboxylic acids is 1. The van der Waals surface area contributed by atoms with Crippen molar-refractivity contribution < 1.29 is 18.3 Å². The molecule has 2 N–H and O–H groups in total. The molecule has 0 spiro atoms. The van der Waals surface area contributed by atoms with Crippen LogP contribution >= 0.6 is 0 Å². The van der Waals surface area contributed by atoms with Crippen LogP contribution in [-0.4, -0.2) is 44.5 Å². The van der Waals surface area contributed by atoms with Crippen LogP contribution in [0.3, 0.4) is 0 Å². The summed E-state index contributed by atoms with van der Waals surface area (Å²) < 4.78 is 33.7. The van der Waals surface area contributed by atoms with Crippen LogP contribution < -0.4 is 15.5 Å². The summed E-state index contributed by atoms with van der Waals surface area (Å²) in [6.07, 6.45) is -0.613. The van der Waals surface area contributed by atoms with Crippen molar-refractivity contribution in [3.63, 3.8) is 0 Å². The zero-order chi connectivity index (χ0) is 18.0. The number of alkyl halides is 1. The van der Waals surface area contributed by atoms with Gasteiger partial charge in [-0.05, 0) is 23.8 Å². The minimum Gasteiger partial charge on any atom is -0.443 e. The fraction of sp³-hybridized carbons (Fsp3) is 0.412. The van der Waals surface area contributed by atoms with Gasteiger partial charge in [0.25, 0.3) is 0 Å². The molecule has 0 aromatic heterocycles. The molecule has 0 radical (unpaired) electrons. The molecule has 1 aromatic rings. The van der Waals surface area contributed by atoms with Crippen molar-refractivity contribution in [2.24, 2.45) is 5.73 Å². The van der Waals surface area contributed by atoms with Crippen LogP contribution in [0.15, 0.2) is 29.8 Å². The number of ether oxygens (including phenoxy) is 1. The van der Waals surface area contributed by atoms with Crippen LogP contribution in [0.4, 0.5) is 25.0 Å². The zero-order valence-corrected chi connectivity index (χ0v) is 13.5. The van der Waals surface area contributed by atoms with E-state index in [1.165, 1.54) is 17.0 Å². The molecule has 2 aliphatic rings. The number of cyclic esters (lactones) is 1. The average Bonchev–Trinajstić information content (AvgIpc) is 2.98. The third-order valence-electron chi connectivity index (χ3n) is 4.36. The first-order valence-electron chi connectivity index (χ1n) is 7.96. The lowest BCUT2D eigenvalue weighted by atomic mass is 10.0. The van der Waals surface area contributed by atoms with Gasteiger partial charge in [-0.2, -0.15) is 5.26 Å². The minimum absolute atomic E-state index is 0.00914. The molecule has 0 saturated carbocycles. The third-order valence-corrected chi connectivity index (χ3v) is 4.36. The maximum absolute atomic E-state index is 14.5. The Morgan fingerprint density at radius 2 is 2.20 bits per heavy atom. The van der Waals surface area contributed by atoms with E-state index >= 15 is 0 Å². The average molecular weight is 348 g/mol.